The summed E-state index contributed by atoms with van der Waals surface area (Å²) in [5.74, 6) is -2.42. The van der Waals surface area contributed by atoms with Gasteiger partial charge in [-0.2, -0.15) is 0 Å². The second-order valence-corrected chi connectivity index (χ2v) is 4.33. The molecule has 0 saturated heterocycles. The molecule has 0 aliphatic carbocycles. The summed E-state index contributed by atoms with van der Waals surface area (Å²) in [7, 11) is 0. The molecule has 2 aromatic heterocycles. The first kappa shape index (κ1) is 12.8. The lowest BCUT2D eigenvalue weighted by atomic mass is 10.1. The molecule has 1 aromatic carbocycles. The van der Waals surface area contributed by atoms with Gasteiger partial charge in [0.05, 0.1) is 0 Å². The molecule has 0 aliphatic heterocycles. The molecule has 7 nitrogen and oxygen atoms in total. The highest BCUT2D eigenvalue weighted by Gasteiger charge is 2.18. The number of aromatic carboxylic acids is 1. The van der Waals surface area contributed by atoms with E-state index in [-0.39, 0.29) is 5.82 Å². The summed E-state index contributed by atoms with van der Waals surface area (Å²) in [4.78, 5) is 32.7. The van der Waals surface area contributed by atoms with Crippen LogP contribution in [0.5, 0.6) is 5.75 Å². The number of carboxylic acid groups (broad SMARTS) is 1. The summed E-state index contributed by atoms with van der Waals surface area (Å²) >= 11 is 0. The number of pyridine rings is 1. The Labute approximate surface area is 117 Å². The van der Waals surface area contributed by atoms with Crippen molar-refractivity contribution in [2.75, 3.05) is 0 Å². The van der Waals surface area contributed by atoms with Crippen LogP contribution in [-0.2, 0) is 0 Å². The molecule has 0 aliphatic rings. The zero-order valence-corrected chi connectivity index (χ0v) is 10.6. The van der Waals surface area contributed by atoms with Crippen LogP contribution in [0.15, 0.2) is 41.3 Å². The number of benzene rings is 1. The summed E-state index contributed by atoms with van der Waals surface area (Å²) in [5.41, 5.74) is -1.32. The van der Waals surface area contributed by atoms with Crippen LogP contribution in [0.4, 0.5) is 0 Å². The Morgan fingerprint density at radius 1 is 1.19 bits per heavy atom. The van der Waals surface area contributed by atoms with E-state index in [0.717, 1.165) is 10.8 Å². The molecule has 0 amide bonds. The molecule has 0 bridgehead atoms. The smallest absolute Gasteiger partial charge is 0.358 e. The average molecular weight is 283 g/mol. The minimum Gasteiger partial charge on any atom is -0.501 e. The maximum atomic E-state index is 11.6. The number of aromatic amines is 1. The van der Waals surface area contributed by atoms with E-state index < -0.39 is 23.0 Å². The summed E-state index contributed by atoms with van der Waals surface area (Å²) in [6, 6.07) is 9.13. The van der Waals surface area contributed by atoms with Crippen LogP contribution in [0, 0.1) is 0 Å². The summed E-state index contributed by atoms with van der Waals surface area (Å²) in [5, 5.41) is 20.1. The Morgan fingerprint density at radius 2 is 1.90 bits per heavy atom. The highest BCUT2D eigenvalue weighted by atomic mass is 16.4. The number of carboxylic acids is 1. The molecule has 3 rings (SSSR count). The fraction of sp³-hybridized carbons (Fsp3) is 0. The van der Waals surface area contributed by atoms with E-state index in [4.69, 9.17) is 5.11 Å². The number of hydrogen-bond donors (Lipinski definition) is 3. The third-order valence-corrected chi connectivity index (χ3v) is 2.97. The summed E-state index contributed by atoms with van der Waals surface area (Å²) in [6.45, 7) is 0. The molecule has 0 spiro atoms. The second kappa shape index (κ2) is 4.71. The normalized spacial score (nSPS) is 10.7. The van der Waals surface area contributed by atoms with E-state index in [2.05, 4.69) is 15.0 Å². The number of hydrogen-bond acceptors (Lipinski definition) is 5. The van der Waals surface area contributed by atoms with E-state index >= 15 is 0 Å². The largest absolute Gasteiger partial charge is 0.501 e. The Hall–Kier alpha value is -3.22. The van der Waals surface area contributed by atoms with Gasteiger partial charge in [0.1, 0.15) is 5.69 Å². The summed E-state index contributed by atoms with van der Waals surface area (Å²) in [6.07, 6.45) is 1.60. The number of nitrogens with zero attached hydrogens (tertiary/aromatic N) is 2. The van der Waals surface area contributed by atoms with Gasteiger partial charge in [-0.15, -0.1) is 0 Å². The molecule has 0 unspecified atom stereocenters. The third kappa shape index (κ3) is 2.20. The fourth-order valence-corrected chi connectivity index (χ4v) is 1.95. The lowest BCUT2D eigenvalue weighted by molar-refractivity contribution is 0.0686. The molecule has 21 heavy (non-hydrogen) atoms. The van der Waals surface area contributed by atoms with Gasteiger partial charge in [0.2, 0.25) is 5.75 Å². The number of nitrogens with one attached hydrogen (secondary N) is 1. The van der Waals surface area contributed by atoms with Crippen LogP contribution in [0.1, 0.15) is 10.5 Å². The van der Waals surface area contributed by atoms with Crippen molar-refractivity contribution in [3.8, 4) is 17.3 Å². The molecule has 2 heterocycles. The maximum Gasteiger partial charge on any atom is 0.358 e. The molecule has 0 saturated carbocycles. The van der Waals surface area contributed by atoms with Crippen molar-refractivity contribution in [3.63, 3.8) is 0 Å². The minimum atomic E-state index is -1.49. The fourth-order valence-electron chi connectivity index (χ4n) is 1.95. The zero-order chi connectivity index (χ0) is 15.0. The quantitative estimate of drug-likeness (QED) is 0.654. The lowest BCUT2D eigenvalue weighted by Gasteiger charge is -2.04. The van der Waals surface area contributed by atoms with Gasteiger partial charge < -0.3 is 15.2 Å². The molecule has 0 atom stereocenters. The highest BCUT2D eigenvalue weighted by molar-refractivity contribution is 5.89. The molecule has 0 fully saturated rings. The topological polar surface area (TPSA) is 116 Å². The number of aromatic hydroxyl groups is 1. The zero-order valence-electron chi connectivity index (χ0n) is 10.6. The third-order valence-electron chi connectivity index (χ3n) is 2.97. The lowest BCUT2D eigenvalue weighted by Crippen LogP contribution is -2.15. The van der Waals surface area contributed by atoms with Gasteiger partial charge in [0.15, 0.2) is 11.5 Å². The number of carbonyl (C=O) groups is 1. The van der Waals surface area contributed by atoms with Gasteiger partial charge in [0.25, 0.3) is 5.56 Å². The van der Waals surface area contributed by atoms with Crippen molar-refractivity contribution in [1.29, 1.82) is 0 Å². The van der Waals surface area contributed by atoms with Crippen LogP contribution < -0.4 is 5.56 Å². The van der Waals surface area contributed by atoms with Gasteiger partial charge in [-0.1, -0.05) is 24.3 Å². The maximum absolute atomic E-state index is 11.6. The second-order valence-electron chi connectivity index (χ2n) is 4.33. The van der Waals surface area contributed by atoms with E-state index in [1.165, 1.54) is 0 Å². The van der Waals surface area contributed by atoms with E-state index in [1.807, 2.05) is 24.3 Å². The molecule has 3 N–H and O–H groups in total. The van der Waals surface area contributed by atoms with E-state index in [1.54, 1.807) is 12.3 Å². The van der Waals surface area contributed by atoms with Gasteiger partial charge in [-0.05, 0) is 11.5 Å². The predicted octanol–water partition coefficient (Wildman–Crippen LogP) is 1.39. The van der Waals surface area contributed by atoms with Crippen molar-refractivity contribution in [2.24, 2.45) is 0 Å². The van der Waals surface area contributed by atoms with Crippen molar-refractivity contribution >= 4 is 16.7 Å². The van der Waals surface area contributed by atoms with Crippen molar-refractivity contribution in [1.82, 2.24) is 15.0 Å². The Kier molecular flexibility index (Phi) is 2.87. The molecule has 0 radical (unpaired) electrons. The van der Waals surface area contributed by atoms with Crippen molar-refractivity contribution in [2.45, 2.75) is 0 Å². The first-order chi connectivity index (χ1) is 10.1. The number of rotatable bonds is 2. The van der Waals surface area contributed by atoms with Crippen LogP contribution >= 0.6 is 0 Å². The molecule has 104 valence electrons. The minimum absolute atomic E-state index is 0.0130. The Morgan fingerprint density at radius 3 is 2.62 bits per heavy atom. The monoisotopic (exact) mass is 283 g/mol. The highest BCUT2D eigenvalue weighted by Crippen LogP contribution is 2.20. The van der Waals surface area contributed by atoms with Gasteiger partial charge in [0, 0.05) is 11.6 Å². The first-order valence-corrected chi connectivity index (χ1v) is 5.98. The molecular weight excluding hydrogens is 274 g/mol. The average Bonchev–Trinajstić information content (AvgIpc) is 2.49. The van der Waals surface area contributed by atoms with Crippen LogP contribution in [0.3, 0.4) is 0 Å². The predicted molar refractivity (Wildman–Crippen MR) is 74.2 cm³/mol. The van der Waals surface area contributed by atoms with Crippen molar-refractivity contribution in [3.05, 3.63) is 52.6 Å². The Bertz CT molecular complexity index is 917. The molecule has 7 heteroatoms. The SMILES string of the molecule is O=C(O)c1nc(-c2cc3ccccc3cn2)[nH]c(=O)c1O. The van der Waals surface area contributed by atoms with Crippen LogP contribution in [-0.4, -0.2) is 31.1 Å². The van der Waals surface area contributed by atoms with Gasteiger partial charge in [-0.3, -0.25) is 9.78 Å². The molecular formula is C14H9N3O4. The van der Waals surface area contributed by atoms with Gasteiger partial charge in [-0.25, -0.2) is 9.78 Å². The standard InChI is InChI=1S/C14H9N3O4/c18-11-10(14(20)21)16-12(17-13(11)19)9-5-7-3-1-2-4-8(7)6-15-9/h1-6,18H,(H,20,21)(H,16,17,19). The number of fused-ring (bicyclic) bond motifs is 1. The number of aromatic nitrogens is 3. The van der Waals surface area contributed by atoms with Crippen LogP contribution in [0.25, 0.3) is 22.3 Å². The van der Waals surface area contributed by atoms with E-state index in [9.17, 15) is 14.7 Å². The van der Waals surface area contributed by atoms with E-state index in [0.29, 0.717) is 5.69 Å². The van der Waals surface area contributed by atoms with Crippen molar-refractivity contribution < 1.29 is 15.0 Å². The summed E-state index contributed by atoms with van der Waals surface area (Å²) < 4.78 is 0. The Balaban J connectivity index is 2.23. The first-order valence-electron chi connectivity index (χ1n) is 5.98. The number of H-pyrrole nitrogens is 1. The molecule has 3 aromatic rings. The van der Waals surface area contributed by atoms with Crippen LogP contribution in [0.2, 0.25) is 0 Å². The van der Waals surface area contributed by atoms with Gasteiger partial charge >= 0.3 is 5.97 Å².